The summed E-state index contributed by atoms with van der Waals surface area (Å²) in [5, 5.41) is 5.82. The van der Waals surface area contributed by atoms with Crippen molar-refractivity contribution in [3.63, 3.8) is 0 Å². The Morgan fingerprint density at radius 3 is 2.58 bits per heavy atom. The summed E-state index contributed by atoms with van der Waals surface area (Å²) in [6.45, 7) is 4.28. The van der Waals surface area contributed by atoms with Gasteiger partial charge < -0.3 is 9.47 Å². The second kappa shape index (κ2) is 7.74. The van der Waals surface area contributed by atoms with Crippen LogP contribution in [0.25, 0.3) is 6.08 Å². The average molecular weight is 415 g/mol. The number of hydrogen-bond acceptors (Lipinski definition) is 4. The molecule has 0 N–H and O–H groups in total. The molecular formula is C20H19BrN2O3. The highest BCUT2D eigenvalue weighted by atomic mass is 79.9. The van der Waals surface area contributed by atoms with E-state index in [4.69, 9.17) is 9.47 Å². The van der Waals surface area contributed by atoms with Crippen molar-refractivity contribution in [2.45, 2.75) is 13.8 Å². The highest BCUT2D eigenvalue weighted by Gasteiger charge is 2.28. The van der Waals surface area contributed by atoms with E-state index in [2.05, 4.69) is 21.0 Å². The van der Waals surface area contributed by atoms with Gasteiger partial charge in [-0.05, 0) is 49.8 Å². The van der Waals surface area contributed by atoms with E-state index in [-0.39, 0.29) is 5.91 Å². The van der Waals surface area contributed by atoms with Crippen LogP contribution in [0.2, 0.25) is 0 Å². The fourth-order valence-corrected chi connectivity index (χ4v) is 3.11. The van der Waals surface area contributed by atoms with Crippen LogP contribution in [0.4, 0.5) is 5.69 Å². The van der Waals surface area contributed by atoms with Crippen LogP contribution in [-0.4, -0.2) is 25.3 Å². The fraction of sp³-hybridized carbons (Fsp3) is 0.200. The summed E-state index contributed by atoms with van der Waals surface area (Å²) >= 11 is 3.54. The lowest BCUT2D eigenvalue weighted by atomic mass is 10.1. The molecule has 3 rings (SSSR count). The number of carbonyl (C=O) groups excluding carboxylic acids is 1. The van der Waals surface area contributed by atoms with Gasteiger partial charge in [0.15, 0.2) is 11.5 Å². The number of nitrogens with zero attached hydrogens (tertiary/aromatic N) is 2. The summed E-state index contributed by atoms with van der Waals surface area (Å²) in [5.41, 5.74) is 2.76. The molecule has 134 valence electrons. The maximum Gasteiger partial charge on any atom is 0.280 e. The maximum atomic E-state index is 12.8. The molecule has 0 radical (unpaired) electrons. The van der Waals surface area contributed by atoms with Crippen LogP contribution in [-0.2, 0) is 4.79 Å². The Bertz CT molecular complexity index is 891. The lowest BCUT2D eigenvalue weighted by molar-refractivity contribution is -0.114. The first-order valence-electron chi connectivity index (χ1n) is 8.22. The molecule has 5 nitrogen and oxygen atoms in total. The highest BCUT2D eigenvalue weighted by Crippen LogP contribution is 2.35. The number of ether oxygens (including phenoxy) is 2. The van der Waals surface area contributed by atoms with Crippen LogP contribution in [0.1, 0.15) is 19.4 Å². The summed E-state index contributed by atoms with van der Waals surface area (Å²) in [4.78, 5) is 12.8. The Balaban J connectivity index is 1.98. The van der Waals surface area contributed by atoms with Crippen LogP contribution in [0.3, 0.4) is 0 Å². The molecule has 0 unspecified atom stereocenters. The molecule has 1 heterocycles. The Labute approximate surface area is 161 Å². The minimum absolute atomic E-state index is 0.159. The van der Waals surface area contributed by atoms with E-state index >= 15 is 0 Å². The van der Waals surface area contributed by atoms with Crippen molar-refractivity contribution in [1.29, 1.82) is 0 Å². The molecule has 0 bridgehead atoms. The second-order valence-electron chi connectivity index (χ2n) is 5.65. The number of halogens is 1. The zero-order valence-electron chi connectivity index (χ0n) is 14.8. The third-order valence-corrected chi connectivity index (χ3v) is 4.63. The topological polar surface area (TPSA) is 51.1 Å². The number of hydrazone groups is 1. The first-order chi connectivity index (χ1) is 12.5. The van der Waals surface area contributed by atoms with E-state index in [1.165, 1.54) is 5.01 Å². The summed E-state index contributed by atoms with van der Waals surface area (Å²) in [6, 6.07) is 13.1. The van der Waals surface area contributed by atoms with Crippen molar-refractivity contribution >= 4 is 39.3 Å². The molecule has 0 aromatic heterocycles. The number of rotatable bonds is 5. The van der Waals surface area contributed by atoms with E-state index in [9.17, 15) is 4.79 Å². The molecule has 2 aromatic carbocycles. The predicted octanol–water partition coefficient (Wildman–Crippen LogP) is 4.66. The van der Waals surface area contributed by atoms with E-state index in [1.54, 1.807) is 7.11 Å². The van der Waals surface area contributed by atoms with Gasteiger partial charge in [-0.1, -0.05) is 34.1 Å². The monoisotopic (exact) mass is 414 g/mol. The maximum absolute atomic E-state index is 12.8. The number of anilines is 1. The fourth-order valence-electron chi connectivity index (χ4n) is 2.67. The predicted molar refractivity (Wildman–Crippen MR) is 107 cm³/mol. The van der Waals surface area contributed by atoms with Gasteiger partial charge in [0.25, 0.3) is 5.91 Å². The van der Waals surface area contributed by atoms with Crippen LogP contribution in [0.5, 0.6) is 11.5 Å². The molecule has 0 fully saturated rings. The van der Waals surface area contributed by atoms with E-state index < -0.39 is 0 Å². The summed E-state index contributed by atoms with van der Waals surface area (Å²) < 4.78 is 11.8. The minimum atomic E-state index is -0.159. The molecule has 0 saturated heterocycles. The van der Waals surface area contributed by atoms with Crippen LogP contribution >= 0.6 is 15.9 Å². The first-order valence-corrected chi connectivity index (χ1v) is 9.01. The first kappa shape index (κ1) is 18.2. The smallest absolute Gasteiger partial charge is 0.280 e. The molecule has 1 amide bonds. The van der Waals surface area contributed by atoms with Crippen molar-refractivity contribution in [3.05, 3.63) is 58.1 Å². The van der Waals surface area contributed by atoms with Gasteiger partial charge in [0.2, 0.25) is 0 Å². The standard InChI is InChI=1S/C20H19BrN2O3/c1-4-26-19-12-17(21)14(11-18(19)25-3)10-16-13(2)22-23(20(16)24)15-8-6-5-7-9-15/h5-12H,4H2,1-3H3/b16-10-. The largest absolute Gasteiger partial charge is 0.493 e. The van der Waals surface area contributed by atoms with Gasteiger partial charge in [0.1, 0.15) is 0 Å². The van der Waals surface area contributed by atoms with Gasteiger partial charge in [-0.15, -0.1) is 0 Å². The Morgan fingerprint density at radius 1 is 1.19 bits per heavy atom. The summed E-state index contributed by atoms with van der Waals surface area (Å²) in [5.74, 6) is 1.10. The zero-order chi connectivity index (χ0) is 18.7. The summed E-state index contributed by atoms with van der Waals surface area (Å²) in [6.07, 6.45) is 1.81. The van der Waals surface area contributed by atoms with E-state index in [0.717, 1.165) is 15.7 Å². The number of carbonyl (C=O) groups is 1. The van der Waals surface area contributed by atoms with Crippen LogP contribution in [0, 0.1) is 0 Å². The number of methoxy groups -OCH3 is 1. The average Bonchev–Trinajstić information content (AvgIpc) is 2.93. The van der Waals surface area contributed by atoms with Crippen molar-refractivity contribution in [1.82, 2.24) is 0 Å². The molecule has 0 spiro atoms. The molecule has 2 aromatic rings. The van der Waals surface area contributed by atoms with Gasteiger partial charge in [-0.25, -0.2) is 0 Å². The van der Waals surface area contributed by atoms with Gasteiger partial charge in [-0.3, -0.25) is 4.79 Å². The quantitative estimate of drug-likeness (QED) is 0.668. The van der Waals surface area contributed by atoms with Crippen molar-refractivity contribution in [2.75, 3.05) is 18.7 Å². The van der Waals surface area contributed by atoms with E-state index in [1.807, 2.05) is 62.4 Å². The number of hydrogen-bond donors (Lipinski definition) is 0. The third-order valence-electron chi connectivity index (χ3n) is 3.95. The molecule has 1 aliphatic rings. The lowest BCUT2D eigenvalue weighted by Gasteiger charge is -2.12. The molecule has 0 atom stereocenters. The van der Waals surface area contributed by atoms with Gasteiger partial charge >= 0.3 is 0 Å². The Hall–Kier alpha value is -2.60. The molecule has 6 heteroatoms. The van der Waals surface area contributed by atoms with Crippen molar-refractivity contribution in [2.24, 2.45) is 5.10 Å². The molecular weight excluding hydrogens is 396 g/mol. The normalized spacial score (nSPS) is 15.4. The molecule has 0 saturated carbocycles. The summed E-state index contributed by atoms with van der Waals surface area (Å²) in [7, 11) is 1.59. The Morgan fingerprint density at radius 2 is 1.92 bits per heavy atom. The zero-order valence-corrected chi connectivity index (χ0v) is 16.4. The number of para-hydroxylation sites is 1. The second-order valence-corrected chi connectivity index (χ2v) is 6.51. The molecule has 0 aliphatic carbocycles. The van der Waals surface area contributed by atoms with Gasteiger partial charge in [-0.2, -0.15) is 10.1 Å². The van der Waals surface area contributed by atoms with Gasteiger partial charge in [0.05, 0.1) is 30.7 Å². The highest BCUT2D eigenvalue weighted by molar-refractivity contribution is 9.10. The Kier molecular flexibility index (Phi) is 5.42. The van der Waals surface area contributed by atoms with Crippen LogP contribution in [0.15, 0.2) is 57.6 Å². The van der Waals surface area contributed by atoms with Crippen molar-refractivity contribution < 1.29 is 14.3 Å². The SMILES string of the molecule is CCOc1cc(Br)c(/C=C2\C(=O)N(c3ccccc3)N=C2C)cc1OC. The molecule has 1 aliphatic heterocycles. The third kappa shape index (κ3) is 3.51. The number of benzene rings is 2. The van der Waals surface area contributed by atoms with E-state index in [0.29, 0.717) is 29.4 Å². The molecule has 26 heavy (non-hydrogen) atoms. The number of amides is 1. The van der Waals surface area contributed by atoms with Crippen molar-refractivity contribution in [3.8, 4) is 11.5 Å². The lowest BCUT2D eigenvalue weighted by Crippen LogP contribution is -2.21. The van der Waals surface area contributed by atoms with Gasteiger partial charge in [0, 0.05) is 4.47 Å². The van der Waals surface area contributed by atoms with Crippen LogP contribution < -0.4 is 14.5 Å². The minimum Gasteiger partial charge on any atom is -0.493 e.